The van der Waals surface area contributed by atoms with Gasteiger partial charge in [0.15, 0.2) is 0 Å². The van der Waals surface area contributed by atoms with Crippen molar-refractivity contribution in [2.75, 3.05) is 11.5 Å². The standard InChI is InChI=1S/C22H44OS/c1-2-3-4-5-6-7-8-9-10-11-12-13-15-18-21-24-22-19-16-14-17-20-23/h20H,2-19,21-22H2,1H3. The molecular formula is C22H44OS. The van der Waals surface area contributed by atoms with Crippen LogP contribution in [-0.4, -0.2) is 17.8 Å². The molecule has 0 N–H and O–H groups in total. The van der Waals surface area contributed by atoms with Crippen LogP contribution in [0.25, 0.3) is 0 Å². The van der Waals surface area contributed by atoms with Crippen LogP contribution in [0.2, 0.25) is 0 Å². The lowest BCUT2D eigenvalue weighted by Crippen LogP contribution is -1.87. The Balaban J connectivity index is 2.94. The summed E-state index contributed by atoms with van der Waals surface area (Å²) in [6, 6.07) is 0. The van der Waals surface area contributed by atoms with E-state index in [9.17, 15) is 4.79 Å². The summed E-state index contributed by atoms with van der Waals surface area (Å²) in [4.78, 5) is 10.2. The Morgan fingerprint density at radius 2 is 0.917 bits per heavy atom. The summed E-state index contributed by atoms with van der Waals surface area (Å²) in [5, 5.41) is 0. The molecular weight excluding hydrogens is 312 g/mol. The second-order valence-electron chi connectivity index (χ2n) is 7.22. The van der Waals surface area contributed by atoms with E-state index in [2.05, 4.69) is 18.7 Å². The molecule has 0 aromatic rings. The highest BCUT2D eigenvalue weighted by Gasteiger charge is 1.95. The number of hydrogen-bond donors (Lipinski definition) is 0. The number of rotatable bonds is 21. The molecule has 0 saturated carbocycles. The predicted octanol–water partition coefficient (Wildman–Crippen LogP) is 7.96. The molecule has 0 rings (SSSR count). The Morgan fingerprint density at radius 1 is 0.542 bits per heavy atom. The SMILES string of the molecule is CCCCCCCCCCCCCCCCSCCCCCC=O. The maximum Gasteiger partial charge on any atom is 0.119 e. The molecule has 0 aliphatic heterocycles. The van der Waals surface area contributed by atoms with Crippen molar-refractivity contribution in [3.63, 3.8) is 0 Å². The number of thioether (sulfide) groups is 1. The Bertz CT molecular complexity index is 230. The molecule has 1 nitrogen and oxygen atoms in total. The molecule has 2 heteroatoms. The summed E-state index contributed by atoms with van der Waals surface area (Å²) in [7, 11) is 0. The fourth-order valence-corrected chi connectivity index (χ4v) is 4.13. The van der Waals surface area contributed by atoms with Crippen molar-refractivity contribution >= 4 is 18.0 Å². The molecule has 0 atom stereocenters. The zero-order valence-corrected chi connectivity index (χ0v) is 17.4. The van der Waals surface area contributed by atoms with Gasteiger partial charge in [-0.15, -0.1) is 0 Å². The zero-order valence-electron chi connectivity index (χ0n) is 16.5. The molecule has 0 bridgehead atoms. The van der Waals surface area contributed by atoms with Crippen LogP contribution in [0.4, 0.5) is 0 Å². The molecule has 0 aliphatic rings. The minimum Gasteiger partial charge on any atom is -0.303 e. The fraction of sp³-hybridized carbons (Fsp3) is 0.955. The average molecular weight is 357 g/mol. The third kappa shape index (κ3) is 22.0. The van der Waals surface area contributed by atoms with Gasteiger partial charge in [-0.2, -0.15) is 11.8 Å². The van der Waals surface area contributed by atoms with Gasteiger partial charge in [-0.25, -0.2) is 0 Å². The van der Waals surface area contributed by atoms with Crippen LogP contribution in [0.15, 0.2) is 0 Å². The van der Waals surface area contributed by atoms with E-state index in [-0.39, 0.29) is 0 Å². The van der Waals surface area contributed by atoms with E-state index < -0.39 is 0 Å². The first-order valence-electron chi connectivity index (χ1n) is 10.9. The maximum atomic E-state index is 10.2. The summed E-state index contributed by atoms with van der Waals surface area (Å²) in [6.45, 7) is 2.29. The van der Waals surface area contributed by atoms with Gasteiger partial charge in [-0.1, -0.05) is 96.8 Å². The van der Waals surface area contributed by atoms with Crippen molar-refractivity contribution in [2.45, 2.75) is 122 Å². The second kappa shape index (κ2) is 23.0. The molecule has 0 radical (unpaired) electrons. The minimum atomic E-state index is 0.754. The summed E-state index contributed by atoms with van der Waals surface area (Å²) in [5.41, 5.74) is 0. The quantitative estimate of drug-likeness (QED) is 0.153. The second-order valence-corrected chi connectivity index (χ2v) is 8.45. The van der Waals surface area contributed by atoms with Gasteiger partial charge in [0.25, 0.3) is 0 Å². The lowest BCUT2D eigenvalue weighted by atomic mass is 10.0. The third-order valence-corrected chi connectivity index (χ3v) is 5.91. The van der Waals surface area contributed by atoms with Crippen molar-refractivity contribution in [2.24, 2.45) is 0 Å². The van der Waals surface area contributed by atoms with Gasteiger partial charge < -0.3 is 4.79 Å². The highest BCUT2D eigenvalue weighted by Crippen LogP contribution is 2.14. The van der Waals surface area contributed by atoms with Gasteiger partial charge in [0.2, 0.25) is 0 Å². The number of carbonyl (C=O) groups is 1. The van der Waals surface area contributed by atoms with E-state index in [4.69, 9.17) is 0 Å². The van der Waals surface area contributed by atoms with E-state index in [0.29, 0.717) is 0 Å². The summed E-state index contributed by atoms with van der Waals surface area (Å²) in [5.74, 6) is 2.63. The van der Waals surface area contributed by atoms with Crippen LogP contribution >= 0.6 is 11.8 Å². The Hall–Kier alpha value is 0.0200. The van der Waals surface area contributed by atoms with Gasteiger partial charge in [0.1, 0.15) is 6.29 Å². The first-order chi connectivity index (χ1) is 11.9. The highest BCUT2D eigenvalue weighted by molar-refractivity contribution is 7.99. The summed E-state index contributed by atoms with van der Waals surface area (Å²) in [6.07, 6.45) is 25.6. The van der Waals surface area contributed by atoms with Gasteiger partial charge >= 0.3 is 0 Å². The normalized spacial score (nSPS) is 11.0. The molecule has 0 unspecified atom stereocenters. The minimum absolute atomic E-state index is 0.754. The molecule has 144 valence electrons. The smallest absolute Gasteiger partial charge is 0.119 e. The first-order valence-corrected chi connectivity index (χ1v) is 12.1. The zero-order chi connectivity index (χ0) is 17.6. The van der Waals surface area contributed by atoms with Gasteiger partial charge in [0.05, 0.1) is 0 Å². The van der Waals surface area contributed by atoms with Gasteiger partial charge in [-0.05, 0) is 30.8 Å². The lowest BCUT2D eigenvalue weighted by molar-refractivity contribution is -0.107. The highest BCUT2D eigenvalue weighted by atomic mass is 32.2. The van der Waals surface area contributed by atoms with Crippen molar-refractivity contribution in [1.29, 1.82) is 0 Å². The number of unbranched alkanes of at least 4 members (excludes halogenated alkanes) is 16. The molecule has 0 amide bonds. The number of hydrogen-bond acceptors (Lipinski definition) is 2. The molecule has 24 heavy (non-hydrogen) atoms. The maximum absolute atomic E-state index is 10.2. The van der Waals surface area contributed by atoms with Crippen LogP contribution in [0.5, 0.6) is 0 Å². The molecule has 0 aliphatic carbocycles. The summed E-state index contributed by atoms with van der Waals surface area (Å²) < 4.78 is 0. The Kier molecular flexibility index (Phi) is 23.0. The molecule has 0 fully saturated rings. The van der Waals surface area contributed by atoms with Crippen molar-refractivity contribution in [3.8, 4) is 0 Å². The fourth-order valence-electron chi connectivity index (χ4n) is 3.11. The molecule has 0 aromatic heterocycles. The molecule has 0 saturated heterocycles. The van der Waals surface area contributed by atoms with E-state index >= 15 is 0 Å². The topological polar surface area (TPSA) is 17.1 Å². The first kappa shape index (κ1) is 24.0. The number of carbonyl (C=O) groups excluding carboxylic acids is 1. The van der Waals surface area contributed by atoms with Crippen LogP contribution in [0.3, 0.4) is 0 Å². The average Bonchev–Trinajstić information content (AvgIpc) is 2.60. The number of aldehydes is 1. The van der Waals surface area contributed by atoms with E-state index in [1.54, 1.807) is 0 Å². The Morgan fingerprint density at radius 3 is 1.33 bits per heavy atom. The van der Waals surface area contributed by atoms with Crippen LogP contribution in [0, 0.1) is 0 Å². The van der Waals surface area contributed by atoms with Gasteiger partial charge in [0, 0.05) is 6.42 Å². The Labute approximate surface area is 157 Å². The van der Waals surface area contributed by atoms with Crippen molar-refractivity contribution in [3.05, 3.63) is 0 Å². The van der Waals surface area contributed by atoms with Crippen molar-refractivity contribution < 1.29 is 4.79 Å². The summed E-state index contributed by atoms with van der Waals surface area (Å²) >= 11 is 2.11. The monoisotopic (exact) mass is 356 g/mol. The van der Waals surface area contributed by atoms with Crippen LogP contribution in [0.1, 0.15) is 122 Å². The van der Waals surface area contributed by atoms with E-state index in [0.717, 1.165) is 19.1 Å². The van der Waals surface area contributed by atoms with Crippen LogP contribution < -0.4 is 0 Å². The van der Waals surface area contributed by atoms with E-state index in [1.165, 1.54) is 114 Å². The third-order valence-electron chi connectivity index (χ3n) is 4.75. The molecule has 0 heterocycles. The van der Waals surface area contributed by atoms with E-state index in [1.807, 2.05) is 0 Å². The lowest BCUT2D eigenvalue weighted by Gasteiger charge is -2.04. The largest absolute Gasteiger partial charge is 0.303 e. The predicted molar refractivity (Wildman–Crippen MR) is 112 cm³/mol. The van der Waals surface area contributed by atoms with Gasteiger partial charge in [-0.3, -0.25) is 0 Å². The van der Waals surface area contributed by atoms with Crippen LogP contribution in [-0.2, 0) is 4.79 Å². The van der Waals surface area contributed by atoms with Crippen molar-refractivity contribution in [1.82, 2.24) is 0 Å². The molecule has 0 aromatic carbocycles. The molecule has 0 spiro atoms.